The highest BCUT2D eigenvalue weighted by Gasteiger charge is 2.24. The van der Waals surface area contributed by atoms with Crippen LogP contribution in [0.15, 0.2) is 30.9 Å². The summed E-state index contributed by atoms with van der Waals surface area (Å²) in [5.41, 5.74) is 4.67. The monoisotopic (exact) mass is 320 g/mol. The van der Waals surface area contributed by atoms with Gasteiger partial charge in [0, 0.05) is 5.41 Å². The van der Waals surface area contributed by atoms with Crippen molar-refractivity contribution in [3.05, 3.63) is 47.5 Å². The van der Waals surface area contributed by atoms with E-state index in [0.29, 0.717) is 6.54 Å². The molecule has 2 aromatic rings. The Kier molecular flexibility index (Phi) is 5.58. The van der Waals surface area contributed by atoms with E-state index in [1.807, 2.05) is 44.1 Å². The molecule has 0 atom stereocenters. The number of halogens is 1. The van der Waals surface area contributed by atoms with Gasteiger partial charge in [-0.1, -0.05) is 38.5 Å². The lowest BCUT2D eigenvalue weighted by molar-refractivity contribution is -0.684. The van der Waals surface area contributed by atoms with Gasteiger partial charge < -0.3 is 12.4 Å². The Balaban J connectivity index is 0.00000242. The average Bonchev–Trinajstić information content (AvgIpc) is 2.74. The minimum Gasteiger partial charge on any atom is -1.00 e. The second-order valence-electron chi connectivity index (χ2n) is 6.91. The van der Waals surface area contributed by atoms with Crippen LogP contribution in [-0.4, -0.2) is 10.4 Å². The van der Waals surface area contributed by atoms with Gasteiger partial charge >= 0.3 is 0 Å². The van der Waals surface area contributed by atoms with Crippen LogP contribution in [0.4, 0.5) is 0 Å². The lowest BCUT2D eigenvalue weighted by Crippen LogP contribution is -3.00. The van der Waals surface area contributed by atoms with Gasteiger partial charge in [-0.15, -0.1) is 0 Å². The summed E-state index contributed by atoms with van der Waals surface area (Å²) in [6.07, 6.45) is 5.97. The van der Waals surface area contributed by atoms with Crippen molar-refractivity contribution >= 4 is 5.78 Å². The van der Waals surface area contributed by atoms with Crippen LogP contribution in [0.3, 0.4) is 0 Å². The molecule has 0 N–H and O–H groups in total. The quantitative estimate of drug-likeness (QED) is 0.748. The summed E-state index contributed by atoms with van der Waals surface area (Å²) in [7, 11) is 0. The van der Waals surface area contributed by atoms with E-state index in [0.717, 1.165) is 0 Å². The third kappa shape index (κ3) is 3.98. The Morgan fingerprint density at radius 2 is 1.68 bits per heavy atom. The Morgan fingerprint density at radius 1 is 1.14 bits per heavy atom. The van der Waals surface area contributed by atoms with E-state index in [1.54, 1.807) is 0 Å². The molecule has 3 nitrogen and oxygen atoms in total. The maximum absolute atomic E-state index is 12.1. The maximum Gasteiger partial charge on any atom is 0.249 e. The summed E-state index contributed by atoms with van der Waals surface area (Å²) >= 11 is 0. The first kappa shape index (κ1) is 18.4. The number of nitrogens with zero attached hydrogens (tertiary/aromatic N) is 2. The number of rotatable bonds is 3. The zero-order valence-corrected chi connectivity index (χ0v) is 15.0. The summed E-state index contributed by atoms with van der Waals surface area (Å²) in [5, 5.41) is 0. The molecule has 1 aromatic heterocycles. The topological polar surface area (TPSA) is 25.9 Å². The average molecular weight is 321 g/mol. The number of hydrogen-bond donors (Lipinski definition) is 0. The Hall–Kier alpha value is -1.61. The molecule has 2 rings (SSSR count). The molecule has 1 heterocycles. The molecule has 0 saturated heterocycles. The number of ketones is 1. The molecule has 0 fully saturated rings. The maximum atomic E-state index is 12.1. The van der Waals surface area contributed by atoms with Crippen molar-refractivity contribution < 1.29 is 21.8 Å². The number of hydrogen-bond acceptors (Lipinski definition) is 1. The molecule has 22 heavy (non-hydrogen) atoms. The molecular weight excluding hydrogens is 296 g/mol. The summed E-state index contributed by atoms with van der Waals surface area (Å²) in [6, 6.07) is 4.37. The zero-order chi connectivity index (χ0) is 15.8. The van der Waals surface area contributed by atoms with Crippen LogP contribution in [-0.2, 0) is 11.3 Å². The zero-order valence-electron chi connectivity index (χ0n) is 14.3. The molecule has 4 heteroatoms. The number of aryl methyl sites for hydroxylation is 3. The number of carbonyl (C=O) groups is 1. The predicted molar refractivity (Wildman–Crippen MR) is 84.6 cm³/mol. The fourth-order valence-electron chi connectivity index (χ4n) is 2.60. The van der Waals surface area contributed by atoms with Crippen LogP contribution in [0.1, 0.15) is 37.5 Å². The van der Waals surface area contributed by atoms with E-state index < -0.39 is 0 Å². The van der Waals surface area contributed by atoms with Crippen LogP contribution >= 0.6 is 0 Å². The predicted octanol–water partition coefficient (Wildman–Crippen LogP) is 0.309. The first-order chi connectivity index (χ1) is 9.68. The van der Waals surface area contributed by atoms with Gasteiger partial charge in [0.25, 0.3) is 0 Å². The third-order valence-corrected chi connectivity index (χ3v) is 3.75. The Morgan fingerprint density at radius 3 is 2.18 bits per heavy atom. The van der Waals surface area contributed by atoms with Crippen LogP contribution in [0.5, 0.6) is 0 Å². The summed E-state index contributed by atoms with van der Waals surface area (Å²) < 4.78 is 4.05. The highest BCUT2D eigenvalue weighted by Crippen LogP contribution is 2.20. The van der Waals surface area contributed by atoms with Gasteiger partial charge in [0.1, 0.15) is 24.6 Å². The summed E-state index contributed by atoms with van der Waals surface area (Å²) in [5.74, 6) is 0.239. The molecule has 0 aliphatic heterocycles. The van der Waals surface area contributed by atoms with Crippen LogP contribution < -0.4 is 17.0 Å². The number of Topliss-reactive ketones (excluding diaryl/α,β-unsaturated/α-hetero) is 1. The first-order valence-corrected chi connectivity index (χ1v) is 7.37. The van der Waals surface area contributed by atoms with Crippen molar-refractivity contribution in [1.29, 1.82) is 0 Å². The van der Waals surface area contributed by atoms with Crippen LogP contribution in [0.25, 0.3) is 5.69 Å². The number of imidazole rings is 1. The summed E-state index contributed by atoms with van der Waals surface area (Å²) in [6.45, 7) is 12.7. The highest BCUT2D eigenvalue weighted by atomic mass is 35.5. The van der Waals surface area contributed by atoms with Crippen molar-refractivity contribution in [3.63, 3.8) is 0 Å². The van der Waals surface area contributed by atoms with E-state index in [-0.39, 0.29) is 23.6 Å². The number of carbonyl (C=O) groups excluding carboxylic acids is 1. The van der Waals surface area contributed by atoms with Crippen molar-refractivity contribution in [2.24, 2.45) is 5.41 Å². The fraction of sp³-hybridized carbons (Fsp3) is 0.444. The van der Waals surface area contributed by atoms with Gasteiger partial charge in [-0.05, 0) is 31.9 Å². The van der Waals surface area contributed by atoms with E-state index in [4.69, 9.17) is 0 Å². The van der Waals surface area contributed by atoms with Gasteiger partial charge in [-0.3, -0.25) is 4.79 Å². The molecule has 120 valence electrons. The molecule has 0 amide bonds. The second-order valence-corrected chi connectivity index (χ2v) is 6.91. The van der Waals surface area contributed by atoms with Gasteiger partial charge in [-0.25, -0.2) is 9.13 Å². The SMILES string of the molecule is Cc1cc(C)c(-n2cc[n+](CC(=O)C(C)(C)C)c2)c(C)c1.[Cl-]. The Labute approximate surface area is 139 Å². The Bertz CT molecular complexity index is 658. The normalized spacial score (nSPS) is 11.2. The van der Waals surface area contributed by atoms with Gasteiger partial charge in [0.2, 0.25) is 6.33 Å². The van der Waals surface area contributed by atoms with Crippen molar-refractivity contribution in [3.8, 4) is 5.69 Å². The molecule has 0 saturated carbocycles. The molecule has 0 unspecified atom stereocenters. The van der Waals surface area contributed by atoms with Crippen molar-refractivity contribution in [1.82, 2.24) is 4.57 Å². The minimum absolute atomic E-state index is 0. The molecule has 1 aromatic carbocycles. The highest BCUT2D eigenvalue weighted by molar-refractivity contribution is 5.82. The molecule has 0 aliphatic rings. The van der Waals surface area contributed by atoms with Crippen LogP contribution in [0.2, 0.25) is 0 Å². The first-order valence-electron chi connectivity index (χ1n) is 7.37. The van der Waals surface area contributed by atoms with E-state index in [1.165, 1.54) is 22.4 Å². The molecule has 0 bridgehead atoms. The van der Waals surface area contributed by atoms with Crippen molar-refractivity contribution in [2.75, 3.05) is 0 Å². The van der Waals surface area contributed by atoms with Crippen molar-refractivity contribution in [2.45, 2.75) is 48.1 Å². The van der Waals surface area contributed by atoms with Gasteiger partial charge in [0.05, 0.1) is 0 Å². The lowest BCUT2D eigenvalue weighted by atomic mass is 9.91. The van der Waals surface area contributed by atoms with E-state index in [9.17, 15) is 4.79 Å². The van der Waals surface area contributed by atoms with Gasteiger partial charge in [0.15, 0.2) is 5.78 Å². The minimum atomic E-state index is -0.301. The standard InChI is InChI=1S/C18H25N2O.ClH/c1-13-9-14(2)17(15(3)10-13)20-8-7-19(12-20)11-16(21)18(4,5)6;/h7-10,12H,11H2,1-6H3;1H/q+1;/p-1. The number of benzene rings is 1. The molecule has 0 radical (unpaired) electrons. The van der Waals surface area contributed by atoms with Crippen LogP contribution in [0, 0.1) is 26.2 Å². The number of aromatic nitrogens is 2. The van der Waals surface area contributed by atoms with Gasteiger partial charge in [-0.2, -0.15) is 0 Å². The molecule has 0 aliphatic carbocycles. The third-order valence-electron chi connectivity index (χ3n) is 3.75. The smallest absolute Gasteiger partial charge is 0.249 e. The molecular formula is C18H25ClN2O. The fourth-order valence-corrected chi connectivity index (χ4v) is 2.60. The largest absolute Gasteiger partial charge is 1.00 e. The van der Waals surface area contributed by atoms with E-state index >= 15 is 0 Å². The lowest BCUT2D eigenvalue weighted by Gasteiger charge is -2.14. The van der Waals surface area contributed by atoms with E-state index in [2.05, 4.69) is 37.5 Å². The second kappa shape index (κ2) is 6.66. The molecule has 0 spiro atoms. The summed E-state index contributed by atoms with van der Waals surface area (Å²) in [4.78, 5) is 12.1.